The molecule has 0 bridgehead atoms. The molecule has 0 unspecified atom stereocenters. The molecule has 3 aromatic carbocycles. The van der Waals surface area contributed by atoms with Gasteiger partial charge < -0.3 is 8.92 Å². The fourth-order valence-electron chi connectivity index (χ4n) is 2.57. The summed E-state index contributed by atoms with van der Waals surface area (Å²) in [6.07, 6.45) is 0. The summed E-state index contributed by atoms with van der Waals surface area (Å²) in [7, 11) is -2.74. The van der Waals surface area contributed by atoms with E-state index in [1.54, 1.807) is 25.1 Å². The number of benzene rings is 3. The molecule has 0 N–H and O–H groups in total. The van der Waals surface area contributed by atoms with Crippen molar-refractivity contribution in [1.82, 2.24) is 0 Å². The SMILES string of the molecule is COC(=O)c1ccc(S(=O)(=O)Oc2ccc3ccccc3c2)c(C)c1. The first-order chi connectivity index (χ1) is 11.9. The molecule has 0 aliphatic rings. The Morgan fingerprint density at radius 2 is 1.64 bits per heavy atom. The predicted octanol–water partition coefficient (Wildman–Crippen LogP) is 3.70. The molecule has 0 atom stereocenters. The molecule has 0 fully saturated rings. The first-order valence-electron chi connectivity index (χ1n) is 7.53. The highest BCUT2D eigenvalue weighted by molar-refractivity contribution is 7.87. The van der Waals surface area contributed by atoms with Crippen LogP contribution in [0, 0.1) is 6.92 Å². The average Bonchev–Trinajstić information content (AvgIpc) is 2.60. The molecule has 0 saturated carbocycles. The Balaban J connectivity index is 1.94. The Bertz CT molecular complexity index is 1050. The van der Waals surface area contributed by atoms with Crippen LogP contribution in [0.3, 0.4) is 0 Å². The third-order valence-electron chi connectivity index (χ3n) is 3.79. The summed E-state index contributed by atoms with van der Waals surface area (Å²) < 4.78 is 35.0. The van der Waals surface area contributed by atoms with Gasteiger partial charge in [0, 0.05) is 0 Å². The molecule has 25 heavy (non-hydrogen) atoms. The van der Waals surface area contributed by atoms with Crippen LogP contribution in [0.1, 0.15) is 15.9 Å². The van der Waals surface area contributed by atoms with Crippen molar-refractivity contribution >= 4 is 26.9 Å². The summed E-state index contributed by atoms with van der Waals surface area (Å²) in [5, 5.41) is 1.87. The number of methoxy groups -OCH3 is 1. The zero-order chi connectivity index (χ0) is 18.0. The lowest BCUT2D eigenvalue weighted by Gasteiger charge is -2.11. The Labute approximate surface area is 145 Å². The van der Waals surface area contributed by atoms with E-state index in [2.05, 4.69) is 4.74 Å². The van der Waals surface area contributed by atoms with Crippen LogP contribution in [-0.2, 0) is 14.9 Å². The van der Waals surface area contributed by atoms with Crippen molar-refractivity contribution in [2.75, 3.05) is 7.11 Å². The lowest BCUT2D eigenvalue weighted by atomic mass is 10.1. The second kappa shape index (κ2) is 6.57. The summed E-state index contributed by atoms with van der Waals surface area (Å²) in [6.45, 7) is 1.60. The molecular weight excluding hydrogens is 340 g/mol. The molecular formula is C19H16O5S. The van der Waals surface area contributed by atoms with Gasteiger partial charge in [-0.1, -0.05) is 30.3 Å². The van der Waals surface area contributed by atoms with Crippen molar-refractivity contribution in [3.8, 4) is 5.75 Å². The van der Waals surface area contributed by atoms with Crippen molar-refractivity contribution in [3.05, 3.63) is 71.8 Å². The number of carbonyl (C=O) groups excluding carboxylic acids is 1. The Hall–Kier alpha value is -2.86. The van der Waals surface area contributed by atoms with E-state index in [-0.39, 0.29) is 16.2 Å². The number of hydrogen-bond acceptors (Lipinski definition) is 5. The van der Waals surface area contributed by atoms with E-state index in [1.807, 2.05) is 24.3 Å². The number of hydrogen-bond donors (Lipinski definition) is 0. The molecule has 0 radical (unpaired) electrons. The molecule has 3 rings (SSSR count). The molecule has 0 aliphatic carbocycles. The second-order valence-corrected chi connectivity index (χ2v) is 7.03. The Kier molecular flexibility index (Phi) is 4.46. The van der Waals surface area contributed by atoms with E-state index in [4.69, 9.17) is 4.18 Å². The van der Waals surface area contributed by atoms with Gasteiger partial charge in [-0.2, -0.15) is 8.42 Å². The maximum absolute atomic E-state index is 12.6. The number of fused-ring (bicyclic) bond motifs is 1. The highest BCUT2D eigenvalue weighted by atomic mass is 32.2. The molecule has 0 aromatic heterocycles. The fourth-order valence-corrected chi connectivity index (χ4v) is 3.70. The van der Waals surface area contributed by atoms with Gasteiger partial charge in [0.1, 0.15) is 10.6 Å². The van der Waals surface area contributed by atoms with Crippen LogP contribution < -0.4 is 4.18 Å². The van der Waals surface area contributed by atoms with Gasteiger partial charge >= 0.3 is 16.1 Å². The first kappa shape index (κ1) is 17.0. The van der Waals surface area contributed by atoms with E-state index in [0.717, 1.165) is 10.8 Å². The predicted molar refractivity (Wildman–Crippen MR) is 94.3 cm³/mol. The third-order valence-corrected chi connectivity index (χ3v) is 5.20. The van der Waals surface area contributed by atoms with Gasteiger partial charge in [0.2, 0.25) is 0 Å². The van der Waals surface area contributed by atoms with Crippen LogP contribution in [0.15, 0.2) is 65.6 Å². The minimum atomic E-state index is -4.01. The van der Waals surface area contributed by atoms with E-state index >= 15 is 0 Å². The van der Waals surface area contributed by atoms with Crippen molar-refractivity contribution in [2.45, 2.75) is 11.8 Å². The van der Waals surface area contributed by atoms with Crippen molar-refractivity contribution in [3.63, 3.8) is 0 Å². The number of esters is 1. The number of ether oxygens (including phenoxy) is 1. The normalized spacial score (nSPS) is 11.3. The first-order valence-corrected chi connectivity index (χ1v) is 8.94. The van der Waals surface area contributed by atoms with Gasteiger partial charge in [-0.05, 0) is 53.6 Å². The Morgan fingerprint density at radius 3 is 2.32 bits per heavy atom. The van der Waals surface area contributed by atoms with Crippen LogP contribution in [0.5, 0.6) is 5.75 Å². The topological polar surface area (TPSA) is 69.7 Å². The van der Waals surface area contributed by atoms with Gasteiger partial charge in [0.15, 0.2) is 0 Å². The van der Waals surface area contributed by atoms with Gasteiger partial charge in [-0.25, -0.2) is 4.79 Å². The van der Waals surface area contributed by atoms with Gasteiger partial charge in [0.05, 0.1) is 12.7 Å². The molecule has 128 valence electrons. The van der Waals surface area contributed by atoms with E-state index in [1.165, 1.54) is 25.3 Å². The van der Waals surface area contributed by atoms with E-state index < -0.39 is 16.1 Å². The van der Waals surface area contributed by atoms with Crippen molar-refractivity contribution < 1.29 is 22.1 Å². The van der Waals surface area contributed by atoms with Crippen molar-refractivity contribution in [1.29, 1.82) is 0 Å². The second-order valence-electron chi connectivity index (χ2n) is 5.52. The van der Waals surface area contributed by atoms with E-state index in [0.29, 0.717) is 5.56 Å². The molecule has 3 aromatic rings. The Morgan fingerprint density at radius 1 is 0.920 bits per heavy atom. The van der Waals surface area contributed by atoms with Gasteiger partial charge in [-0.15, -0.1) is 0 Å². The quantitative estimate of drug-likeness (QED) is 0.526. The minimum Gasteiger partial charge on any atom is -0.465 e. The zero-order valence-electron chi connectivity index (χ0n) is 13.7. The van der Waals surface area contributed by atoms with Crippen LogP contribution in [0.4, 0.5) is 0 Å². The molecule has 0 saturated heterocycles. The third kappa shape index (κ3) is 3.49. The summed E-state index contributed by atoms with van der Waals surface area (Å²) in [6, 6.07) is 16.9. The molecule has 0 aliphatic heterocycles. The average molecular weight is 356 g/mol. The summed E-state index contributed by atoms with van der Waals surface area (Å²) in [5.41, 5.74) is 0.688. The highest BCUT2D eigenvalue weighted by Gasteiger charge is 2.21. The largest absolute Gasteiger partial charge is 0.465 e. The standard InChI is InChI=1S/C19H16O5S/c1-13-11-16(19(20)23-2)8-10-18(13)25(21,22)24-17-9-7-14-5-3-4-6-15(14)12-17/h3-12H,1-2H3. The number of rotatable bonds is 4. The van der Waals surface area contributed by atoms with Gasteiger partial charge in [-0.3, -0.25) is 0 Å². The summed E-state index contributed by atoms with van der Waals surface area (Å²) in [5.74, 6) is -0.294. The van der Waals surface area contributed by atoms with Crippen LogP contribution in [0.2, 0.25) is 0 Å². The van der Waals surface area contributed by atoms with Crippen LogP contribution in [0.25, 0.3) is 10.8 Å². The maximum Gasteiger partial charge on any atom is 0.339 e. The van der Waals surface area contributed by atoms with Crippen LogP contribution in [-0.4, -0.2) is 21.5 Å². The highest BCUT2D eigenvalue weighted by Crippen LogP contribution is 2.25. The number of aryl methyl sites for hydroxylation is 1. The van der Waals surface area contributed by atoms with Crippen LogP contribution >= 0.6 is 0 Å². The van der Waals surface area contributed by atoms with Crippen molar-refractivity contribution in [2.24, 2.45) is 0 Å². The lowest BCUT2D eigenvalue weighted by molar-refractivity contribution is 0.0600. The fraction of sp³-hybridized carbons (Fsp3) is 0.105. The summed E-state index contributed by atoms with van der Waals surface area (Å²) >= 11 is 0. The molecule has 0 heterocycles. The molecule has 5 nitrogen and oxygen atoms in total. The minimum absolute atomic E-state index is 0.00770. The number of carbonyl (C=O) groups is 1. The lowest BCUT2D eigenvalue weighted by Crippen LogP contribution is -2.12. The monoisotopic (exact) mass is 356 g/mol. The summed E-state index contributed by atoms with van der Waals surface area (Å²) in [4.78, 5) is 11.5. The van der Waals surface area contributed by atoms with E-state index in [9.17, 15) is 13.2 Å². The molecule has 0 amide bonds. The van der Waals surface area contributed by atoms with Gasteiger partial charge in [0.25, 0.3) is 0 Å². The molecule has 0 spiro atoms. The maximum atomic E-state index is 12.6. The molecule has 6 heteroatoms. The smallest absolute Gasteiger partial charge is 0.339 e. The zero-order valence-corrected chi connectivity index (χ0v) is 14.5.